The van der Waals surface area contributed by atoms with E-state index in [0.29, 0.717) is 48.1 Å². The van der Waals surface area contributed by atoms with Crippen LogP contribution in [0.4, 0.5) is 17.6 Å². The lowest BCUT2D eigenvalue weighted by Gasteiger charge is -2.31. The zero-order chi connectivity index (χ0) is 29.5. The molecule has 0 saturated carbocycles. The van der Waals surface area contributed by atoms with Gasteiger partial charge in [0.15, 0.2) is 6.10 Å². The second-order valence-electron chi connectivity index (χ2n) is 9.44. The Bertz CT molecular complexity index is 1590. The molecule has 17 heteroatoms. The zero-order valence-electron chi connectivity index (χ0n) is 21.0. The van der Waals surface area contributed by atoms with Crippen LogP contribution in [0.3, 0.4) is 0 Å². The van der Waals surface area contributed by atoms with E-state index in [-0.39, 0.29) is 27.8 Å². The summed E-state index contributed by atoms with van der Waals surface area (Å²) >= 11 is 7.60. The first-order valence-corrected chi connectivity index (χ1v) is 15.0. The second-order valence-corrected chi connectivity index (χ2v) is 12.1. The van der Waals surface area contributed by atoms with Gasteiger partial charge in [0.25, 0.3) is 23.0 Å². The van der Waals surface area contributed by atoms with E-state index in [4.69, 9.17) is 16.4 Å². The fourth-order valence-corrected chi connectivity index (χ4v) is 6.93. The van der Waals surface area contributed by atoms with Crippen molar-refractivity contribution in [2.24, 2.45) is 5.16 Å². The van der Waals surface area contributed by atoms with Crippen molar-refractivity contribution in [3.8, 4) is 0 Å². The summed E-state index contributed by atoms with van der Waals surface area (Å²) in [5.41, 5.74) is -0.420. The fraction of sp³-hybridized carbons (Fsp3) is 0.417. The van der Waals surface area contributed by atoms with E-state index < -0.39 is 52.9 Å². The molecule has 41 heavy (non-hydrogen) atoms. The molecule has 0 spiro atoms. The number of likely N-dealkylation sites (tertiary alicyclic amines) is 1. The van der Waals surface area contributed by atoms with Crippen LogP contribution >= 0.6 is 22.9 Å². The number of hydrogen-bond donors (Lipinski definition) is 1. The molecule has 1 amide bonds. The summed E-state index contributed by atoms with van der Waals surface area (Å²) in [6.07, 6.45) is -5.65. The molecule has 10 nitrogen and oxygen atoms in total. The third kappa shape index (κ3) is 6.24. The van der Waals surface area contributed by atoms with E-state index in [9.17, 15) is 35.3 Å². The summed E-state index contributed by atoms with van der Waals surface area (Å²) in [5.74, 6) is -0.487. The largest absolute Gasteiger partial charge is 0.387 e. The molecule has 1 N–H and O–H groups in total. The summed E-state index contributed by atoms with van der Waals surface area (Å²) in [5, 5.41) is 10.2. The van der Waals surface area contributed by atoms with Gasteiger partial charge in [-0.05, 0) is 31.0 Å². The average molecular weight is 636 g/mol. The normalized spacial score (nSPS) is 18.3. The topological polar surface area (TPSA) is 127 Å². The molecule has 1 atom stereocenters. The average Bonchev–Trinajstić information content (AvgIpc) is 3.68. The van der Waals surface area contributed by atoms with Gasteiger partial charge in [-0.1, -0.05) is 22.8 Å². The number of amides is 1. The van der Waals surface area contributed by atoms with Gasteiger partial charge >= 0.3 is 0 Å². The van der Waals surface area contributed by atoms with Crippen molar-refractivity contribution in [3.05, 3.63) is 62.3 Å². The number of piperidine rings is 1. The molecule has 0 unspecified atom stereocenters. The van der Waals surface area contributed by atoms with Gasteiger partial charge in [0.05, 0.1) is 10.7 Å². The highest BCUT2D eigenvalue weighted by atomic mass is 35.5. The lowest BCUT2D eigenvalue weighted by molar-refractivity contribution is -0.133. The number of benzene rings is 1. The minimum absolute atomic E-state index is 0.0120. The van der Waals surface area contributed by atoms with Crippen molar-refractivity contribution in [1.29, 1.82) is 0 Å². The Labute approximate surface area is 240 Å². The third-order valence-electron chi connectivity index (χ3n) is 6.86. The van der Waals surface area contributed by atoms with Crippen LogP contribution in [0.1, 0.15) is 71.8 Å². The Balaban J connectivity index is 1.20. The molecule has 1 saturated heterocycles. The highest BCUT2D eigenvalue weighted by molar-refractivity contribution is 7.85. The summed E-state index contributed by atoms with van der Waals surface area (Å²) in [7, 11) is -4.55. The number of thiazole rings is 1. The first-order valence-electron chi connectivity index (χ1n) is 12.3. The van der Waals surface area contributed by atoms with Gasteiger partial charge < -0.3 is 9.74 Å². The second kappa shape index (κ2) is 11.7. The van der Waals surface area contributed by atoms with Crippen LogP contribution in [0.15, 0.2) is 39.7 Å². The summed E-state index contributed by atoms with van der Waals surface area (Å²) in [6, 6.07) is 4.72. The molecule has 4 heterocycles. The van der Waals surface area contributed by atoms with Gasteiger partial charge in [-0.3, -0.25) is 14.0 Å². The van der Waals surface area contributed by atoms with Crippen LogP contribution in [-0.4, -0.2) is 57.3 Å². The zero-order valence-corrected chi connectivity index (χ0v) is 23.4. The quantitative estimate of drug-likeness (QED) is 0.260. The number of nitrogens with zero attached hydrogens (tertiary/aromatic N) is 5. The monoisotopic (exact) mass is 635 g/mol. The number of halogens is 5. The van der Waals surface area contributed by atoms with E-state index >= 15 is 0 Å². The van der Waals surface area contributed by atoms with Gasteiger partial charge in [-0.2, -0.15) is 13.5 Å². The van der Waals surface area contributed by atoms with Crippen molar-refractivity contribution in [3.63, 3.8) is 0 Å². The molecule has 0 bridgehead atoms. The molecule has 3 aromatic rings. The Morgan fingerprint density at radius 1 is 1.20 bits per heavy atom. The predicted octanol–water partition coefficient (Wildman–Crippen LogP) is 5.39. The lowest BCUT2D eigenvalue weighted by atomic mass is 9.97. The Hall–Kier alpha value is -3.08. The van der Waals surface area contributed by atoms with Gasteiger partial charge in [0.1, 0.15) is 28.5 Å². The summed E-state index contributed by atoms with van der Waals surface area (Å²) < 4.78 is 86.2. The minimum atomic E-state index is -4.55. The van der Waals surface area contributed by atoms with Gasteiger partial charge in [-0.25, -0.2) is 22.5 Å². The number of hydrogen-bond acceptors (Lipinski definition) is 8. The van der Waals surface area contributed by atoms with Crippen LogP contribution < -0.4 is 0 Å². The van der Waals surface area contributed by atoms with Gasteiger partial charge in [0.2, 0.25) is 5.91 Å². The van der Waals surface area contributed by atoms with Crippen LogP contribution in [-0.2, 0) is 26.3 Å². The molecule has 2 aromatic heterocycles. The lowest BCUT2D eigenvalue weighted by Crippen LogP contribution is -2.40. The Kier molecular flexibility index (Phi) is 8.36. The summed E-state index contributed by atoms with van der Waals surface area (Å²) in [4.78, 5) is 24.0. The number of rotatable bonds is 8. The van der Waals surface area contributed by atoms with Crippen LogP contribution in [0.25, 0.3) is 0 Å². The molecular weight excluding hydrogens is 614 g/mol. The first kappa shape index (κ1) is 29.4. The fourth-order valence-electron chi connectivity index (χ4n) is 4.81. The molecule has 2 aliphatic rings. The van der Waals surface area contributed by atoms with Crippen LogP contribution in [0.2, 0.25) is 5.02 Å². The van der Waals surface area contributed by atoms with Crippen molar-refractivity contribution in [2.45, 2.75) is 55.6 Å². The van der Waals surface area contributed by atoms with Crippen molar-refractivity contribution in [1.82, 2.24) is 19.7 Å². The molecule has 5 rings (SSSR count). The van der Waals surface area contributed by atoms with Crippen LogP contribution in [0, 0.1) is 0 Å². The predicted molar refractivity (Wildman–Crippen MR) is 139 cm³/mol. The molecular formula is C24H22ClF4N5O5S2. The van der Waals surface area contributed by atoms with E-state index in [1.54, 1.807) is 5.38 Å². The first-order chi connectivity index (χ1) is 19.4. The van der Waals surface area contributed by atoms with E-state index in [1.807, 2.05) is 0 Å². The van der Waals surface area contributed by atoms with E-state index in [1.165, 1.54) is 34.4 Å². The number of oxime groups is 1. The highest BCUT2D eigenvalue weighted by Crippen LogP contribution is 2.39. The maximum absolute atomic E-state index is 13.2. The maximum Gasteiger partial charge on any atom is 0.294 e. The van der Waals surface area contributed by atoms with Gasteiger partial charge in [-0.15, -0.1) is 11.3 Å². The van der Waals surface area contributed by atoms with Crippen molar-refractivity contribution >= 4 is 44.7 Å². The van der Waals surface area contributed by atoms with E-state index in [0.717, 1.165) is 5.01 Å². The molecule has 1 aromatic carbocycles. The minimum Gasteiger partial charge on any atom is -0.387 e. The number of aromatic nitrogens is 3. The Morgan fingerprint density at radius 2 is 1.93 bits per heavy atom. The van der Waals surface area contributed by atoms with Crippen molar-refractivity contribution < 1.29 is 40.2 Å². The number of carbonyl (C=O) groups excluding carboxylic acids is 1. The van der Waals surface area contributed by atoms with Gasteiger partial charge in [0, 0.05) is 41.4 Å². The molecule has 0 radical (unpaired) electrons. The Morgan fingerprint density at radius 3 is 2.59 bits per heavy atom. The van der Waals surface area contributed by atoms with Crippen molar-refractivity contribution in [2.75, 3.05) is 13.1 Å². The molecule has 0 aliphatic carbocycles. The molecule has 220 valence electrons. The van der Waals surface area contributed by atoms with Crippen LogP contribution in [0.5, 0.6) is 0 Å². The number of carbonyl (C=O) groups is 1. The smallest absolute Gasteiger partial charge is 0.294 e. The van der Waals surface area contributed by atoms with E-state index in [2.05, 4.69) is 15.2 Å². The molecule has 1 fully saturated rings. The maximum atomic E-state index is 13.2. The summed E-state index contributed by atoms with van der Waals surface area (Å²) in [6.45, 7) is 0.0784. The number of alkyl halides is 4. The highest BCUT2D eigenvalue weighted by Gasteiger charge is 2.33. The molecule has 2 aliphatic heterocycles. The SMILES string of the molecule is O=C(Cn1nc(C(F)F)cc1C(F)F)N1CCC(c2nc(C3=NO[C@H](c4c(Cl)cccc4S(=O)(=O)O)C3)cs2)CC1. The third-order valence-corrected chi connectivity index (χ3v) is 9.11. The standard InChI is InChI=1S/C24H22ClF4N5O5S2/c25-13-2-1-3-19(41(36,37)38)21(13)18-9-14(32-39-18)16-11-40-24(30-16)12-4-6-33(7-5-12)20(35)10-34-17(23(28)29)8-15(31-34)22(26)27/h1-3,8,11-12,18,22-23H,4-7,9-10H2,(H,36,37,38)/t18-/m0/s1.